The lowest BCUT2D eigenvalue weighted by molar-refractivity contribution is 0.176. The van der Waals surface area contributed by atoms with Crippen LogP contribution in [0.3, 0.4) is 0 Å². The molecule has 3 N–H and O–H groups in total. The minimum Gasteiger partial charge on any atom is -0.497 e. The second-order valence-electron chi connectivity index (χ2n) is 6.16. The molecule has 1 aromatic rings. The highest BCUT2D eigenvalue weighted by Gasteiger charge is 2.17. The predicted molar refractivity (Wildman–Crippen MR) is 121 cm³/mol. The van der Waals surface area contributed by atoms with Gasteiger partial charge in [0, 0.05) is 23.4 Å². The molecule has 0 radical (unpaired) electrons. The SMILES string of the molecule is CCNC(=NCC(C)(C)SC)NCC(O)c1cc(OC)ccc1OC.I. The van der Waals surface area contributed by atoms with Crippen molar-refractivity contribution in [3.05, 3.63) is 23.8 Å². The number of methoxy groups -OCH3 is 2. The zero-order valence-corrected chi connectivity index (χ0v) is 19.6. The van der Waals surface area contributed by atoms with E-state index in [1.54, 1.807) is 44.2 Å². The van der Waals surface area contributed by atoms with Gasteiger partial charge in [-0.3, -0.25) is 4.99 Å². The molecule has 0 amide bonds. The van der Waals surface area contributed by atoms with Gasteiger partial charge in [-0.15, -0.1) is 24.0 Å². The van der Waals surface area contributed by atoms with Crippen molar-refractivity contribution in [1.29, 1.82) is 0 Å². The fourth-order valence-electron chi connectivity index (χ4n) is 2.08. The first kappa shape index (κ1) is 25.1. The van der Waals surface area contributed by atoms with Crippen molar-refractivity contribution < 1.29 is 14.6 Å². The third-order valence-corrected chi connectivity index (χ3v) is 5.01. The quantitative estimate of drug-likeness (QED) is 0.277. The second-order valence-corrected chi connectivity index (χ2v) is 7.68. The van der Waals surface area contributed by atoms with E-state index in [1.165, 1.54) is 0 Å². The van der Waals surface area contributed by atoms with E-state index in [0.717, 1.165) is 6.54 Å². The van der Waals surface area contributed by atoms with E-state index in [0.29, 0.717) is 36.1 Å². The molecule has 150 valence electrons. The molecule has 0 saturated carbocycles. The molecule has 8 heteroatoms. The highest BCUT2D eigenvalue weighted by atomic mass is 127. The lowest BCUT2D eigenvalue weighted by atomic mass is 10.1. The van der Waals surface area contributed by atoms with Gasteiger partial charge in [0.2, 0.25) is 0 Å². The molecule has 1 rings (SSSR count). The van der Waals surface area contributed by atoms with E-state index in [-0.39, 0.29) is 28.7 Å². The number of hydrogen-bond donors (Lipinski definition) is 3. The van der Waals surface area contributed by atoms with Crippen LogP contribution in [0.25, 0.3) is 0 Å². The number of halogens is 1. The smallest absolute Gasteiger partial charge is 0.191 e. The maximum absolute atomic E-state index is 10.6. The maximum Gasteiger partial charge on any atom is 0.191 e. The van der Waals surface area contributed by atoms with Gasteiger partial charge < -0.3 is 25.2 Å². The number of benzene rings is 1. The Bertz CT molecular complexity index is 571. The van der Waals surface area contributed by atoms with Gasteiger partial charge in [-0.25, -0.2) is 0 Å². The molecule has 0 bridgehead atoms. The summed E-state index contributed by atoms with van der Waals surface area (Å²) in [6, 6.07) is 5.38. The van der Waals surface area contributed by atoms with Gasteiger partial charge in [0.15, 0.2) is 5.96 Å². The van der Waals surface area contributed by atoms with Crippen LogP contribution in [0.5, 0.6) is 11.5 Å². The molecule has 0 aromatic heterocycles. The molecule has 0 fully saturated rings. The highest BCUT2D eigenvalue weighted by molar-refractivity contribution is 14.0. The summed E-state index contributed by atoms with van der Waals surface area (Å²) in [5, 5.41) is 16.9. The van der Waals surface area contributed by atoms with Crippen molar-refractivity contribution in [3.63, 3.8) is 0 Å². The Morgan fingerprint density at radius 3 is 2.50 bits per heavy atom. The molecule has 1 unspecified atom stereocenters. The Hall–Kier alpha value is -0.870. The summed E-state index contributed by atoms with van der Waals surface area (Å²) in [5.74, 6) is 1.99. The summed E-state index contributed by atoms with van der Waals surface area (Å²) in [7, 11) is 3.18. The van der Waals surface area contributed by atoms with Crippen molar-refractivity contribution in [2.24, 2.45) is 4.99 Å². The summed E-state index contributed by atoms with van der Waals surface area (Å²) >= 11 is 1.77. The monoisotopic (exact) mass is 497 g/mol. The molecule has 26 heavy (non-hydrogen) atoms. The molecular formula is C18H32IN3O3S. The first-order chi connectivity index (χ1) is 11.9. The Morgan fingerprint density at radius 2 is 1.96 bits per heavy atom. The van der Waals surface area contributed by atoms with E-state index in [2.05, 4.69) is 35.7 Å². The molecule has 1 aromatic carbocycles. The van der Waals surface area contributed by atoms with Crippen molar-refractivity contribution in [2.45, 2.75) is 31.6 Å². The van der Waals surface area contributed by atoms with Gasteiger partial charge in [0.05, 0.1) is 26.9 Å². The van der Waals surface area contributed by atoms with E-state index >= 15 is 0 Å². The second kappa shape index (κ2) is 12.5. The minimum absolute atomic E-state index is 0. The predicted octanol–water partition coefficient (Wildman–Crippen LogP) is 3.05. The van der Waals surface area contributed by atoms with E-state index in [4.69, 9.17) is 9.47 Å². The van der Waals surface area contributed by atoms with Gasteiger partial charge in [0.1, 0.15) is 11.5 Å². The number of nitrogens with one attached hydrogen (secondary N) is 2. The van der Waals surface area contributed by atoms with E-state index < -0.39 is 6.10 Å². The standard InChI is InChI=1S/C18H31N3O3S.HI/c1-7-19-17(21-12-18(2,3)25-6)20-11-15(22)14-10-13(23-4)8-9-16(14)24-5;/h8-10,15,22H,7,11-12H2,1-6H3,(H2,19,20,21);1H. The van der Waals surface area contributed by atoms with Crippen LogP contribution in [0.15, 0.2) is 23.2 Å². The largest absolute Gasteiger partial charge is 0.497 e. The minimum atomic E-state index is -0.748. The Kier molecular flexibility index (Phi) is 12.1. The molecule has 0 saturated heterocycles. The van der Waals surface area contributed by atoms with Crippen molar-refractivity contribution in [1.82, 2.24) is 10.6 Å². The fraction of sp³-hybridized carbons (Fsp3) is 0.611. The fourth-order valence-corrected chi connectivity index (χ4v) is 2.27. The average Bonchev–Trinajstić information content (AvgIpc) is 2.63. The van der Waals surface area contributed by atoms with Crippen molar-refractivity contribution in [2.75, 3.05) is 40.1 Å². The third-order valence-electron chi connectivity index (χ3n) is 3.77. The van der Waals surface area contributed by atoms with E-state index in [1.807, 2.05) is 6.92 Å². The average molecular weight is 497 g/mol. The Morgan fingerprint density at radius 1 is 1.27 bits per heavy atom. The first-order valence-corrected chi connectivity index (χ1v) is 9.56. The number of ether oxygens (including phenoxy) is 2. The van der Waals surface area contributed by atoms with Crippen LogP contribution in [0.2, 0.25) is 0 Å². The Labute approximate surface area is 178 Å². The summed E-state index contributed by atoms with van der Waals surface area (Å²) in [5.41, 5.74) is 0.676. The summed E-state index contributed by atoms with van der Waals surface area (Å²) in [6.07, 6.45) is 1.33. The number of guanidine groups is 1. The number of aliphatic hydroxyl groups excluding tert-OH is 1. The van der Waals surface area contributed by atoms with Gasteiger partial charge in [-0.2, -0.15) is 11.8 Å². The van der Waals surface area contributed by atoms with Crippen LogP contribution in [0, 0.1) is 0 Å². The molecule has 0 aliphatic rings. The molecule has 6 nitrogen and oxygen atoms in total. The van der Waals surface area contributed by atoms with Gasteiger partial charge in [-0.1, -0.05) is 0 Å². The van der Waals surface area contributed by atoms with Crippen LogP contribution >= 0.6 is 35.7 Å². The van der Waals surface area contributed by atoms with Crippen LogP contribution in [0.4, 0.5) is 0 Å². The summed E-state index contributed by atoms with van der Waals surface area (Å²) in [4.78, 5) is 4.60. The van der Waals surface area contributed by atoms with E-state index in [9.17, 15) is 5.11 Å². The number of aliphatic hydroxyl groups is 1. The highest BCUT2D eigenvalue weighted by Crippen LogP contribution is 2.29. The van der Waals surface area contributed by atoms with Crippen LogP contribution < -0.4 is 20.1 Å². The molecule has 1 atom stereocenters. The van der Waals surface area contributed by atoms with Gasteiger partial charge in [0.25, 0.3) is 0 Å². The molecule has 0 heterocycles. The zero-order chi connectivity index (χ0) is 18.9. The first-order valence-electron chi connectivity index (χ1n) is 8.34. The number of aliphatic imine (C=N–C) groups is 1. The number of rotatable bonds is 9. The summed E-state index contributed by atoms with van der Waals surface area (Å²) < 4.78 is 10.6. The molecule has 0 aliphatic heterocycles. The lowest BCUT2D eigenvalue weighted by Gasteiger charge is -2.21. The van der Waals surface area contributed by atoms with Gasteiger partial charge >= 0.3 is 0 Å². The van der Waals surface area contributed by atoms with Gasteiger partial charge in [-0.05, 0) is 45.2 Å². The molecule has 0 aliphatic carbocycles. The number of thioether (sulfide) groups is 1. The normalized spacial score (nSPS) is 12.8. The lowest BCUT2D eigenvalue weighted by Crippen LogP contribution is -2.40. The van der Waals surface area contributed by atoms with Crippen molar-refractivity contribution >= 4 is 41.7 Å². The molecular weight excluding hydrogens is 465 g/mol. The molecule has 0 spiro atoms. The number of hydrogen-bond acceptors (Lipinski definition) is 5. The maximum atomic E-state index is 10.6. The zero-order valence-electron chi connectivity index (χ0n) is 16.5. The topological polar surface area (TPSA) is 75.1 Å². The van der Waals surface area contributed by atoms with Crippen molar-refractivity contribution in [3.8, 4) is 11.5 Å². The third kappa shape index (κ3) is 8.22. The van der Waals surface area contributed by atoms with Crippen LogP contribution in [-0.2, 0) is 0 Å². The van der Waals surface area contributed by atoms with Crippen LogP contribution in [-0.4, -0.2) is 55.9 Å². The summed E-state index contributed by atoms with van der Waals surface area (Å²) in [6.45, 7) is 8.07. The number of nitrogens with zero attached hydrogens (tertiary/aromatic N) is 1. The van der Waals surface area contributed by atoms with Crippen LogP contribution in [0.1, 0.15) is 32.4 Å². The Balaban J connectivity index is 0.00000625.